The van der Waals surface area contributed by atoms with Crippen LogP contribution in [0.4, 0.5) is 0 Å². The van der Waals surface area contributed by atoms with Crippen LogP contribution in [0.5, 0.6) is 0 Å². The van der Waals surface area contributed by atoms with E-state index in [-0.39, 0.29) is 0 Å². The third-order valence-corrected chi connectivity index (χ3v) is 4.16. The molecule has 4 heteroatoms. The van der Waals surface area contributed by atoms with Crippen LogP contribution in [-0.2, 0) is 13.5 Å². The van der Waals surface area contributed by atoms with E-state index in [1.165, 1.54) is 50.9 Å². The van der Waals surface area contributed by atoms with Crippen LogP contribution in [0.15, 0.2) is 12.4 Å². The van der Waals surface area contributed by atoms with E-state index in [9.17, 15) is 0 Å². The number of rotatable bonds is 6. The lowest BCUT2D eigenvalue weighted by Gasteiger charge is -2.24. The van der Waals surface area contributed by atoms with Gasteiger partial charge in [0.05, 0.1) is 6.20 Å². The number of hydrogen-bond donors (Lipinski definition) is 1. The Morgan fingerprint density at radius 3 is 3.00 bits per heavy atom. The number of aryl methyl sites for hydroxylation is 1. The van der Waals surface area contributed by atoms with E-state index < -0.39 is 0 Å². The fraction of sp³-hybridized carbons (Fsp3) is 0.786. The van der Waals surface area contributed by atoms with Gasteiger partial charge in [-0.2, -0.15) is 5.10 Å². The summed E-state index contributed by atoms with van der Waals surface area (Å²) in [5.74, 6) is 0. The van der Waals surface area contributed by atoms with Gasteiger partial charge >= 0.3 is 0 Å². The lowest BCUT2D eigenvalue weighted by Crippen LogP contribution is -2.39. The minimum Gasteiger partial charge on any atom is -0.312 e. The quantitative estimate of drug-likeness (QED) is 0.820. The predicted molar refractivity (Wildman–Crippen MR) is 72.5 cm³/mol. The highest BCUT2D eigenvalue weighted by molar-refractivity contribution is 5.04. The van der Waals surface area contributed by atoms with Crippen LogP contribution < -0.4 is 5.32 Å². The third-order valence-electron chi connectivity index (χ3n) is 4.16. The molecule has 1 unspecified atom stereocenters. The molecule has 3 rings (SSSR count). The van der Waals surface area contributed by atoms with Gasteiger partial charge in [-0.05, 0) is 44.2 Å². The second-order valence-electron chi connectivity index (χ2n) is 5.79. The minimum atomic E-state index is 0.766. The van der Waals surface area contributed by atoms with Crippen LogP contribution in [0.3, 0.4) is 0 Å². The normalized spacial score (nSPS) is 24.8. The van der Waals surface area contributed by atoms with E-state index in [0.29, 0.717) is 0 Å². The Kier molecular flexibility index (Phi) is 3.66. The first kappa shape index (κ1) is 12.2. The van der Waals surface area contributed by atoms with Gasteiger partial charge in [0.25, 0.3) is 0 Å². The molecular formula is C14H24N4. The summed E-state index contributed by atoms with van der Waals surface area (Å²) in [6, 6.07) is 1.60. The topological polar surface area (TPSA) is 33.1 Å². The summed E-state index contributed by atoms with van der Waals surface area (Å²) < 4.78 is 1.89. The first-order valence-corrected chi connectivity index (χ1v) is 7.26. The number of likely N-dealkylation sites (tertiary alicyclic amines) is 1. The zero-order valence-corrected chi connectivity index (χ0v) is 11.3. The molecule has 1 N–H and O–H groups in total. The first-order chi connectivity index (χ1) is 8.81. The van der Waals surface area contributed by atoms with Gasteiger partial charge in [0, 0.05) is 38.4 Å². The minimum absolute atomic E-state index is 0.766. The van der Waals surface area contributed by atoms with Crippen LogP contribution >= 0.6 is 0 Å². The van der Waals surface area contributed by atoms with Crippen molar-refractivity contribution in [1.29, 1.82) is 0 Å². The molecule has 0 aromatic carbocycles. The standard InChI is InChI=1S/C14H24N4/c1-17-11-12(9-16-17)6-8-18-7-2-3-14(18)10-15-13-4-5-13/h9,11,13-15H,2-8,10H2,1H3. The second kappa shape index (κ2) is 5.41. The van der Waals surface area contributed by atoms with Gasteiger partial charge in [0.1, 0.15) is 0 Å². The molecule has 1 aliphatic heterocycles. The molecule has 2 aliphatic rings. The van der Waals surface area contributed by atoms with Crippen molar-refractivity contribution in [3.63, 3.8) is 0 Å². The maximum atomic E-state index is 4.23. The maximum Gasteiger partial charge on any atom is 0.0522 e. The van der Waals surface area contributed by atoms with Crippen LogP contribution in [0.2, 0.25) is 0 Å². The molecule has 1 saturated heterocycles. The lowest BCUT2D eigenvalue weighted by atomic mass is 10.2. The zero-order valence-electron chi connectivity index (χ0n) is 11.3. The molecule has 0 amide bonds. The number of nitrogens with one attached hydrogen (secondary N) is 1. The second-order valence-corrected chi connectivity index (χ2v) is 5.79. The molecule has 4 nitrogen and oxygen atoms in total. The molecular weight excluding hydrogens is 224 g/mol. The van der Waals surface area contributed by atoms with Crippen molar-refractivity contribution in [2.75, 3.05) is 19.6 Å². The highest BCUT2D eigenvalue weighted by Crippen LogP contribution is 2.21. The Balaban J connectivity index is 1.45. The van der Waals surface area contributed by atoms with Crippen LogP contribution in [-0.4, -0.2) is 46.4 Å². The molecule has 100 valence electrons. The van der Waals surface area contributed by atoms with E-state index in [1.807, 2.05) is 17.9 Å². The summed E-state index contributed by atoms with van der Waals surface area (Å²) in [7, 11) is 1.99. The third kappa shape index (κ3) is 3.12. The fourth-order valence-electron chi connectivity index (χ4n) is 2.88. The average Bonchev–Trinajstić information content (AvgIpc) is 2.93. The molecule has 1 atom stereocenters. The molecule has 2 heterocycles. The summed E-state index contributed by atoms with van der Waals surface area (Å²) in [6.07, 6.45) is 10.8. The zero-order chi connectivity index (χ0) is 12.4. The Labute approximate surface area is 109 Å². The van der Waals surface area contributed by atoms with Crippen LogP contribution in [0, 0.1) is 0 Å². The average molecular weight is 248 g/mol. The number of hydrogen-bond acceptors (Lipinski definition) is 3. The van der Waals surface area contributed by atoms with Crippen LogP contribution in [0.1, 0.15) is 31.2 Å². The largest absolute Gasteiger partial charge is 0.312 e. The van der Waals surface area contributed by atoms with E-state index in [0.717, 1.165) is 18.5 Å². The van der Waals surface area contributed by atoms with Crippen molar-refractivity contribution in [3.8, 4) is 0 Å². The summed E-state index contributed by atoms with van der Waals surface area (Å²) in [5.41, 5.74) is 1.36. The fourth-order valence-corrected chi connectivity index (χ4v) is 2.88. The molecule has 1 saturated carbocycles. The SMILES string of the molecule is Cn1cc(CCN2CCCC2CNC2CC2)cn1. The van der Waals surface area contributed by atoms with Crippen molar-refractivity contribution in [1.82, 2.24) is 20.0 Å². The highest BCUT2D eigenvalue weighted by Gasteiger charge is 2.27. The van der Waals surface area contributed by atoms with Crippen molar-refractivity contribution < 1.29 is 0 Å². The van der Waals surface area contributed by atoms with Crippen molar-refractivity contribution in [2.24, 2.45) is 7.05 Å². The van der Waals surface area contributed by atoms with Gasteiger partial charge in [0.15, 0.2) is 0 Å². The monoisotopic (exact) mass is 248 g/mol. The molecule has 1 aliphatic carbocycles. The van der Waals surface area contributed by atoms with Gasteiger partial charge in [0.2, 0.25) is 0 Å². The Bertz CT molecular complexity index is 383. The maximum absolute atomic E-state index is 4.23. The molecule has 0 spiro atoms. The Hall–Kier alpha value is -0.870. The summed E-state index contributed by atoms with van der Waals surface area (Å²) in [4.78, 5) is 2.66. The molecule has 1 aromatic rings. The van der Waals surface area contributed by atoms with Gasteiger partial charge in [-0.15, -0.1) is 0 Å². The van der Waals surface area contributed by atoms with E-state index >= 15 is 0 Å². The summed E-state index contributed by atoms with van der Waals surface area (Å²) in [5, 5.41) is 7.91. The van der Waals surface area contributed by atoms with Gasteiger partial charge in [-0.1, -0.05) is 0 Å². The van der Waals surface area contributed by atoms with Crippen molar-refractivity contribution >= 4 is 0 Å². The highest BCUT2D eigenvalue weighted by atomic mass is 15.2. The molecule has 1 aromatic heterocycles. The van der Waals surface area contributed by atoms with Gasteiger partial charge in [-0.25, -0.2) is 0 Å². The molecule has 0 bridgehead atoms. The van der Waals surface area contributed by atoms with E-state index in [2.05, 4.69) is 21.5 Å². The number of aromatic nitrogens is 2. The Morgan fingerprint density at radius 1 is 1.39 bits per heavy atom. The van der Waals surface area contributed by atoms with Crippen molar-refractivity contribution in [3.05, 3.63) is 18.0 Å². The molecule has 0 radical (unpaired) electrons. The Morgan fingerprint density at radius 2 is 2.28 bits per heavy atom. The summed E-state index contributed by atoms with van der Waals surface area (Å²) in [6.45, 7) is 3.65. The summed E-state index contributed by atoms with van der Waals surface area (Å²) >= 11 is 0. The predicted octanol–water partition coefficient (Wildman–Crippen LogP) is 1.18. The first-order valence-electron chi connectivity index (χ1n) is 7.26. The number of nitrogens with zero attached hydrogens (tertiary/aromatic N) is 3. The van der Waals surface area contributed by atoms with Gasteiger partial charge in [-0.3, -0.25) is 9.58 Å². The van der Waals surface area contributed by atoms with E-state index in [1.54, 1.807) is 0 Å². The van der Waals surface area contributed by atoms with Gasteiger partial charge < -0.3 is 5.32 Å². The van der Waals surface area contributed by atoms with Crippen molar-refractivity contribution in [2.45, 2.75) is 44.2 Å². The van der Waals surface area contributed by atoms with E-state index in [4.69, 9.17) is 0 Å². The molecule has 2 fully saturated rings. The smallest absolute Gasteiger partial charge is 0.0522 e. The van der Waals surface area contributed by atoms with Crippen LogP contribution in [0.25, 0.3) is 0 Å². The molecule has 18 heavy (non-hydrogen) atoms. The lowest BCUT2D eigenvalue weighted by molar-refractivity contribution is 0.250.